The van der Waals surface area contributed by atoms with Crippen molar-refractivity contribution in [2.75, 3.05) is 7.11 Å². The number of phenols is 1. The van der Waals surface area contributed by atoms with Gasteiger partial charge in [0.2, 0.25) is 0 Å². The number of halogens is 1. The first kappa shape index (κ1) is 19.5. The molecule has 3 rings (SSSR count). The summed E-state index contributed by atoms with van der Waals surface area (Å²) in [5.74, 6) is -0.287. The van der Waals surface area contributed by atoms with E-state index in [-0.39, 0.29) is 22.6 Å². The van der Waals surface area contributed by atoms with Gasteiger partial charge >= 0.3 is 0 Å². The van der Waals surface area contributed by atoms with E-state index in [4.69, 9.17) is 4.74 Å². The quantitative estimate of drug-likeness (QED) is 0.244. The van der Waals surface area contributed by atoms with Gasteiger partial charge in [-0.05, 0) is 45.5 Å². The van der Waals surface area contributed by atoms with E-state index in [2.05, 4.69) is 10.5 Å². The van der Waals surface area contributed by atoms with Crippen LogP contribution >= 0.6 is 22.6 Å². The lowest BCUT2D eigenvalue weighted by Crippen LogP contribution is -2.18. The van der Waals surface area contributed by atoms with Crippen molar-refractivity contribution in [2.24, 2.45) is 5.10 Å². The molecular formula is C19H14IN3O5. The molecule has 2 N–H and O–H groups in total. The van der Waals surface area contributed by atoms with Crippen LogP contribution < -0.4 is 10.2 Å². The molecule has 0 aliphatic rings. The lowest BCUT2D eigenvalue weighted by molar-refractivity contribution is -0.385. The van der Waals surface area contributed by atoms with Gasteiger partial charge in [-0.1, -0.05) is 24.3 Å². The standard InChI is InChI=1S/C19H14IN3O5/c1-28-17-8-12-5-3-2-4-11(12)7-15(17)19(25)22-21-10-13-6-14(23(26)27)9-16(20)18(13)24/h2-10,24H,1H3,(H,22,25). The number of benzene rings is 3. The third kappa shape index (κ3) is 4.03. The largest absolute Gasteiger partial charge is 0.506 e. The number of methoxy groups -OCH3 is 1. The highest BCUT2D eigenvalue weighted by molar-refractivity contribution is 14.1. The first-order valence-electron chi connectivity index (χ1n) is 7.98. The molecule has 0 radical (unpaired) electrons. The summed E-state index contributed by atoms with van der Waals surface area (Å²) in [6.45, 7) is 0. The number of nitrogens with one attached hydrogen (secondary N) is 1. The molecule has 0 aliphatic heterocycles. The topological polar surface area (TPSA) is 114 Å². The van der Waals surface area contributed by atoms with Crippen molar-refractivity contribution in [1.29, 1.82) is 0 Å². The van der Waals surface area contributed by atoms with Crippen LogP contribution in [0.5, 0.6) is 11.5 Å². The number of non-ortho nitro benzene ring substituents is 1. The van der Waals surface area contributed by atoms with Crippen molar-refractivity contribution in [3.8, 4) is 11.5 Å². The average Bonchev–Trinajstić information content (AvgIpc) is 2.69. The zero-order chi connectivity index (χ0) is 20.3. The van der Waals surface area contributed by atoms with Gasteiger partial charge in [-0.3, -0.25) is 14.9 Å². The Balaban J connectivity index is 1.86. The molecular weight excluding hydrogens is 477 g/mol. The first-order chi connectivity index (χ1) is 13.4. The van der Waals surface area contributed by atoms with Crippen LogP contribution in [-0.2, 0) is 0 Å². The molecule has 142 valence electrons. The number of aromatic hydroxyl groups is 1. The Hall–Kier alpha value is -3.21. The van der Waals surface area contributed by atoms with Crippen LogP contribution in [0.2, 0.25) is 0 Å². The third-order valence-corrected chi connectivity index (χ3v) is 4.79. The number of nitrogens with zero attached hydrogens (tertiary/aromatic N) is 2. The second kappa shape index (κ2) is 8.21. The summed E-state index contributed by atoms with van der Waals surface area (Å²) < 4.78 is 5.59. The van der Waals surface area contributed by atoms with Gasteiger partial charge in [-0.15, -0.1) is 0 Å². The summed E-state index contributed by atoms with van der Waals surface area (Å²) in [6.07, 6.45) is 1.15. The number of hydrogen-bond donors (Lipinski definition) is 2. The van der Waals surface area contributed by atoms with Crippen molar-refractivity contribution in [3.63, 3.8) is 0 Å². The lowest BCUT2D eigenvalue weighted by Gasteiger charge is -2.09. The van der Waals surface area contributed by atoms with Crippen molar-refractivity contribution in [1.82, 2.24) is 5.43 Å². The molecule has 0 aliphatic carbocycles. The molecule has 3 aromatic carbocycles. The Bertz CT molecular complexity index is 1110. The molecule has 0 atom stereocenters. The van der Waals surface area contributed by atoms with Crippen molar-refractivity contribution in [3.05, 3.63) is 73.3 Å². The molecule has 28 heavy (non-hydrogen) atoms. The van der Waals surface area contributed by atoms with E-state index in [0.29, 0.717) is 9.32 Å². The second-order valence-electron chi connectivity index (χ2n) is 5.72. The Morgan fingerprint density at radius 2 is 1.93 bits per heavy atom. The maximum atomic E-state index is 12.5. The van der Waals surface area contributed by atoms with Crippen LogP contribution in [0.15, 0.2) is 53.6 Å². The summed E-state index contributed by atoms with van der Waals surface area (Å²) in [7, 11) is 1.47. The number of nitro groups is 1. The molecule has 0 saturated heterocycles. The average molecular weight is 491 g/mol. The SMILES string of the molecule is COc1cc2ccccc2cc1C(=O)NN=Cc1cc([N+](=O)[O-])cc(I)c1O. The molecule has 0 saturated carbocycles. The predicted octanol–water partition coefficient (Wildman–Crippen LogP) is 3.83. The van der Waals surface area contributed by atoms with Crippen LogP contribution in [0.4, 0.5) is 5.69 Å². The van der Waals surface area contributed by atoms with Gasteiger partial charge in [0.1, 0.15) is 11.5 Å². The normalized spacial score (nSPS) is 10.9. The zero-order valence-corrected chi connectivity index (χ0v) is 16.7. The first-order valence-corrected chi connectivity index (χ1v) is 9.05. The number of fused-ring (bicyclic) bond motifs is 1. The fourth-order valence-electron chi connectivity index (χ4n) is 2.60. The molecule has 8 nitrogen and oxygen atoms in total. The van der Waals surface area contributed by atoms with E-state index in [9.17, 15) is 20.0 Å². The Morgan fingerprint density at radius 3 is 2.57 bits per heavy atom. The summed E-state index contributed by atoms with van der Waals surface area (Å²) in [4.78, 5) is 22.9. The lowest BCUT2D eigenvalue weighted by atomic mass is 10.1. The van der Waals surface area contributed by atoms with Gasteiger partial charge in [-0.25, -0.2) is 5.43 Å². The van der Waals surface area contributed by atoms with E-state index in [1.165, 1.54) is 19.2 Å². The molecule has 1 amide bonds. The number of ether oxygens (including phenoxy) is 1. The highest BCUT2D eigenvalue weighted by atomic mass is 127. The molecule has 0 fully saturated rings. The number of hydrazone groups is 1. The number of rotatable bonds is 5. The summed E-state index contributed by atoms with van der Waals surface area (Å²) in [5.41, 5.74) is 2.56. The maximum absolute atomic E-state index is 12.5. The molecule has 3 aromatic rings. The minimum Gasteiger partial charge on any atom is -0.506 e. The highest BCUT2D eigenvalue weighted by Gasteiger charge is 2.15. The van der Waals surface area contributed by atoms with Crippen LogP contribution in [-0.4, -0.2) is 29.3 Å². The monoisotopic (exact) mass is 491 g/mol. The third-order valence-electron chi connectivity index (χ3n) is 3.97. The Labute approximate surface area is 173 Å². The summed E-state index contributed by atoms with van der Waals surface area (Å²) >= 11 is 1.78. The molecule has 0 aromatic heterocycles. The Kier molecular flexibility index (Phi) is 5.73. The number of hydrogen-bond acceptors (Lipinski definition) is 6. The van der Waals surface area contributed by atoms with Gasteiger partial charge in [0, 0.05) is 17.7 Å². The molecule has 0 unspecified atom stereocenters. The van der Waals surface area contributed by atoms with Gasteiger partial charge in [0.15, 0.2) is 0 Å². The number of carbonyl (C=O) groups excluding carboxylic acids is 1. The van der Waals surface area contributed by atoms with Crippen molar-refractivity contribution >= 4 is 51.2 Å². The van der Waals surface area contributed by atoms with E-state index in [1.54, 1.807) is 34.7 Å². The van der Waals surface area contributed by atoms with Crippen molar-refractivity contribution < 1.29 is 19.6 Å². The number of nitro benzene ring substituents is 1. The van der Waals surface area contributed by atoms with Crippen LogP contribution in [0, 0.1) is 13.7 Å². The maximum Gasteiger partial charge on any atom is 0.275 e. The van der Waals surface area contributed by atoms with E-state index in [0.717, 1.165) is 17.0 Å². The summed E-state index contributed by atoms with van der Waals surface area (Å²) in [6, 6.07) is 13.4. The predicted molar refractivity (Wildman–Crippen MR) is 113 cm³/mol. The van der Waals surface area contributed by atoms with Crippen LogP contribution in [0.25, 0.3) is 10.8 Å². The minimum absolute atomic E-state index is 0.115. The van der Waals surface area contributed by atoms with Gasteiger partial charge in [0.05, 0.1) is 27.4 Å². The molecule has 0 heterocycles. The van der Waals surface area contributed by atoms with E-state index in [1.807, 2.05) is 24.3 Å². The molecule has 0 bridgehead atoms. The Morgan fingerprint density at radius 1 is 1.25 bits per heavy atom. The van der Waals surface area contributed by atoms with Crippen LogP contribution in [0.1, 0.15) is 15.9 Å². The molecule has 0 spiro atoms. The number of phenolic OH excluding ortho intramolecular Hbond substituents is 1. The van der Waals surface area contributed by atoms with Gasteiger partial charge in [0.25, 0.3) is 11.6 Å². The van der Waals surface area contributed by atoms with Gasteiger partial charge < -0.3 is 9.84 Å². The number of carbonyl (C=O) groups is 1. The number of amides is 1. The van der Waals surface area contributed by atoms with Gasteiger partial charge in [-0.2, -0.15) is 5.10 Å². The molecule has 9 heteroatoms. The minimum atomic E-state index is -0.572. The van der Waals surface area contributed by atoms with E-state index < -0.39 is 10.8 Å². The fourth-order valence-corrected chi connectivity index (χ4v) is 3.23. The fraction of sp³-hybridized carbons (Fsp3) is 0.0526. The summed E-state index contributed by atoms with van der Waals surface area (Å²) in [5, 5.41) is 26.6. The van der Waals surface area contributed by atoms with Crippen molar-refractivity contribution in [2.45, 2.75) is 0 Å². The second-order valence-corrected chi connectivity index (χ2v) is 6.88. The van der Waals surface area contributed by atoms with Crippen LogP contribution in [0.3, 0.4) is 0 Å². The van der Waals surface area contributed by atoms with E-state index >= 15 is 0 Å². The smallest absolute Gasteiger partial charge is 0.275 e. The highest BCUT2D eigenvalue weighted by Crippen LogP contribution is 2.28. The zero-order valence-electron chi connectivity index (χ0n) is 14.5.